The zero-order valence-electron chi connectivity index (χ0n) is 13.9. The molecule has 5 nitrogen and oxygen atoms in total. The minimum atomic E-state index is -0.108. The minimum absolute atomic E-state index is 0.108. The van der Waals surface area contributed by atoms with Crippen molar-refractivity contribution >= 4 is 22.2 Å². The first-order valence-corrected chi connectivity index (χ1v) is 8.98. The number of nitrogens with one attached hydrogen (secondary N) is 1. The van der Waals surface area contributed by atoms with E-state index in [1.54, 1.807) is 23.5 Å². The third-order valence-electron chi connectivity index (χ3n) is 3.75. The maximum atomic E-state index is 12.2. The smallest absolute Gasteiger partial charge is 0.251 e. The number of imidazole rings is 1. The van der Waals surface area contributed by atoms with Gasteiger partial charge in [-0.2, -0.15) is 0 Å². The number of aromatic nitrogens is 2. The number of rotatable bonds is 7. The van der Waals surface area contributed by atoms with Gasteiger partial charge in [-0.3, -0.25) is 9.20 Å². The van der Waals surface area contributed by atoms with Crippen molar-refractivity contribution in [2.24, 2.45) is 0 Å². The van der Waals surface area contributed by atoms with Crippen LogP contribution in [0.5, 0.6) is 5.75 Å². The van der Waals surface area contributed by atoms with Gasteiger partial charge in [-0.1, -0.05) is 13.3 Å². The van der Waals surface area contributed by atoms with Gasteiger partial charge in [0.05, 0.1) is 18.8 Å². The van der Waals surface area contributed by atoms with E-state index in [-0.39, 0.29) is 5.91 Å². The number of carbonyl (C=O) groups is 1. The number of fused-ring (bicyclic) bond motifs is 1. The predicted molar refractivity (Wildman–Crippen MR) is 95.8 cm³/mol. The Morgan fingerprint density at radius 2 is 2.12 bits per heavy atom. The highest BCUT2D eigenvalue weighted by Crippen LogP contribution is 2.16. The van der Waals surface area contributed by atoms with Gasteiger partial charge in [0.25, 0.3) is 5.91 Å². The number of ether oxygens (including phenoxy) is 1. The first-order chi connectivity index (χ1) is 11.7. The van der Waals surface area contributed by atoms with Gasteiger partial charge in [-0.05, 0) is 37.6 Å². The highest BCUT2D eigenvalue weighted by Gasteiger charge is 2.09. The summed E-state index contributed by atoms with van der Waals surface area (Å²) in [5.74, 6) is 0.688. The Bertz CT molecular complexity index is 821. The third-order valence-corrected chi connectivity index (χ3v) is 4.71. The van der Waals surface area contributed by atoms with Crippen LogP contribution in [0.15, 0.2) is 35.8 Å². The Morgan fingerprint density at radius 3 is 2.83 bits per heavy atom. The second kappa shape index (κ2) is 7.49. The van der Waals surface area contributed by atoms with E-state index >= 15 is 0 Å². The van der Waals surface area contributed by atoms with Gasteiger partial charge in [0.15, 0.2) is 4.96 Å². The summed E-state index contributed by atoms with van der Waals surface area (Å²) in [4.78, 5) is 17.7. The zero-order valence-corrected chi connectivity index (χ0v) is 14.7. The molecule has 1 aromatic carbocycles. The average Bonchev–Trinajstić information content (AvgIpc) is 3.15. The Kier molecular flexibility index (Phi) is 5.15. The number of thiazole rings is 1. The minimum Gasteiger partial charge on any atom is -0.494 e. The summed E-state index contributed by atoms with van der Waals surface area (Å²) in [7, 11) is 0. The van der Waals surface area contributed by atoms with Gasteiger partial charge in [-0.15, -0.1) is 11.3 Å². The van der Waals surface area contributed by atoms with E-state index in [1.807, 2.05) is 29.7 Å². The molecule has 0 fully saturated rings. The third kappa shape index (κ3) is 3.76. The summed E-state index contributed by atoms with van der Waals surface area (Å²) >= 11 is 1.60. The summed E-state index contributed by atoms with van der Waals surface area (Å²) < 4.78 is 7.64. The number of aryl methyl sites for hydroxylation is 1. The topological polar surface area (TPSA) is 55.6 Å². The Labute approximate surface area is 145 Å². The maximum Gasteiger partial charge on any atom is 0.251 e. The van der Waals surface area contributed by atoms with E-state index in [0.29, 0.717) is 18.7 Å². The summed E-state index contributed by atoms with van der Waals surface area (Å²) in [6, 6.07) is 7.24. The molecule has 0 aliphatic rings. The molecule has 24 heavy (non-hydrogen) atoms. The molecule has 2 heterocycles. The lowest BCUT2D eigenvalue weighted by molar-refractivity contribution is 0.0950. The van der Waals surface area contributed by atoms with Crippen molar-refractivity contribution in [3.8, 4) is 5.75 Å². The fourth-order valence-corrected chi connectivity index (χ4v) is 3.21. The molecule has 0 saturated carbocycles. The highest BCUT2D eigenvalue weighted by molar-refractivity contribution is 7.15. The Balaban J connectivity index is 1.56. The van der Waals surface area contributed by atoms with Crippen LogP contribution in [-0.4, -0.2) is 21.9 Å². The van der Waals surface area contributed by atoms with Crippen molar-refractivity contribution in [1.29, 1.82) is 0 Å². The van der Waals surface area contributed by atoms with Crippen LogP contribution < -0.4 is 10.1 Å². The number of amides is 1. The van der Waals surface area contributed by atoms with Gasteiger partial charge in [0.1, 0.15) is 5.75 Å². The van der Waals surface area contributed by atoms with Crippen molar-refractivity contribution in [2.45, 2.75) is 33.2 Å². The molecule has 1 amide bonds. The van der Waals surface area contributed by atoms with Crippen LogP contribution in [0.4, 0.5) is 0 Å². The van der Waals surface area contributed by atoms with Crippen LogP contribution in [0.2, 0.25) is 0 Å². The molecule has 0 saturated heterocycles. The number of nitrogens with zero attached hydrogens (tertiary/aromatic N) is 2. The van der Waals surface area contributed by atoms with Crippen LogP contribution >= 0.6 is 11.3 Å². The molecule has 0 radical (unpaired) electrons. The van der Waals surface area contributed by atoms with Gasteiger partial charge in [0.2, 0.25) is 0 Å². The zero-order chi connectivity index (χ0) is 16.9. The lowest BCUT2D eigenvalue weighted by Crippen LogP contribution is -2.22. The number of benzene rings is 1. The molecule has 2 aromatic heterocycles. The van der Waals surface area contributed by atoms with Crippen molar-refractivity contribution in [2.75, 3.05) is 6.61 Å². The van der Waals surface area contributed by atoms with Crippen molar-refractivity contribution in [3.05, 3.63) is 52.8 Å². The van der Waals surface area contributed by atoms with Crippen LogP contribution in [0, 0.1) is 6.92 Å². The summed E-state index contributed by atoms with van der Waals surface area (Å²) in [6.45, 7) is 5.29. The molecule has 6 heteroatoms. The molecule has 3 rings (SSSR count). The molecule has 0 atom stereocenters. The monoisotopic (exact) mass is 343 g/mol. The van der Waals surface area contributed by atoms with E-state index in [1.165, 1.54) is 0 Å². The van der Waals surface area contributed by atoms with Crippen LogP contribution in [0.1, 0.15) is 41.5 Å². The molecule has 0 bridgehead atoms. The largest absolute Gasteiger partial charge is 0.494 e. The van der Waals surface area contributed by atoms with Crippen LogP contribution in [-0.2, 0) is 6.54 Å². The molecule has 1 N–H and O–H groups in total. The molecule has 0 aliphatic carbocycles. The summed E-state index contributed by atoms with van der Waals surface area (Å²) in [5.41, 5.74) is 2.63. The standard InChI is InChI=1S/C18H21N3O2S/c1-3-4-9-23-16-7-5-14(6-8-16)17(22)19-10-15-11-21-13(2)12-24-18(21)20-15/h5-8,11-12H,3-4,9-10H2,1-2H3,(H,19,22). The van der Waals surface area contributed by atoms with E-state index in [0.717, 1.165) is 34.9 Å². The lowest BCUT2D eigenvalue weighted by atomic mass is 10.2. The van der Waals surface area contributed by atoms with E-state index in [2.05, 4.69) is 22.6 Å². The van der Waals surface area contributed by atoms with E-state index < -0.39 is 0 Å². The quantitative estimate of drug-likeness (QED) is 0.664. The molecule has 3 aromatic rings. The molecule has 126 valence electrons. The predicted octanol–water partition coefficient (Wildman–Crippen LogP) is 3.81. The van der Waals surface area contributed by atoms with Gasteiger partial charge < -0.3 is 10.1 Å². The van der Waals surface area contributed by atoms with Gasteiger partial charge in [0, 0.05) is 22.8 Å². The maximum absolute atomic E-state index is 12.2. The molecular weight excluding hydrogens is 322 g/mol. The Morgan fingerprint density at radius 1 is 1.33 bits per heavy atom. The molecular formula is C18H21N3O2S. The molecule has 0 aliphatic heterocycles. The van der Waals surface area contributed by atoms with E-state index in [4.69, 9.17) is 4.74 Å². The summed E-state index contributed by atoms with van der Waals surface area (Å²) in [6.07, 6.45) is 4.10. The number of hydrogen-bond donors (Lipinski definition) is 1. The van der Waals surface area contributed by atoms with Crippen molar-refractivity contribution < 1.29 is 9.53 Å². The van der Waals surface area contributed by atoms with E-state index in [9.17, 15) is 4.79 Å². The normalized spacial score (nSPS) is 10.9. The molecule has 0 unspecified atom stereocenters. The fraction of sp³-hybridized carbons (Fsp3) is 0.333. The average molecular weight is 343 g/mol. The fourth-order valence-electron chi connectivity index (χ4n) is 2.34. The van der Waals surface area contributed by atoms with Crippen LogP contribution in [0.25, 0.3) is 4.96 Å². The summed E-state index contributed by atoms with van der Waals surface area (Å²) in [5, 5.41) is 4.97. The number of carbonyl (C=O) groups excluding carboxylic acids is 1. The van der Waals surface area contributed by atoms with Gasteiger partial charge >= 0.3 is 0 Å². The Hall–Kier alpha value is -2.34. The second-order valence-electron chi connectivity index (χ2n) is 5.67. The number of hydrogen-bond acceptors (Lipinski definition) is 4. The van der Waals surface area contributed by atoms with Crippen LogP contribution in [0.3, 0.4) is 0 Å². The molecule has 0 spiro atoms. The lowest BCUT2D eigenvalue weighted by Gasteiger charge is -2.07. The highest BCUT2D eigenvalue weighted by atomic mass is 32.1. The van der Waals surface area contributed by atoms with Crippen molar-refractivity contribution in [1.82, 2.24) is 14.7 Å². The second-order valence-corrected chi connectivity index (χ2v) is 6.51. The first kappa shape index (κ1) is 16.5. The first-order valence-electron chi connectivity index (χ1n) is 8.10. The van der Waals surface area contributed by atoms with Crippen molar-refractivity contribution in [3.63, 3.8) is 0 Å². The SMILES string of the molecule is CCCCOc1ccc(C(=O)NCc2cn3c(C)csc3n2)cc1. The number of unbranched alkanes of at least 4 members (excludes halogenated alkanes) is 1. The van der Waals surface area contributed by atoms with Gasteiger partial charge in [-0.25, -0.2) is 4.98 Å².